The van der Waals surface area contributed by atoms with E-state index in [1.807, 2.05) is 30.3 Å². The highest BCUT2D eigenvalue weighted by Gasteiger charge is 2.15. The van der Waals surface area contributed by atoms with Gasteiger partial charge in [-0.05, 0) is 16.7 Å². The maximum absolute atomic E-state index is 14.0. The Balaban J connectivity index is 1.74. The summed E-state index contributed by atoms with van der Waals surface area (Å²) in [5.74, 6) is -0.992. The number of methoxy groups -OCH3 is 1. The summed E-state index contributed by atoms with van der Waals surface area (Å²) in [5, 5.41) is 9.44. The van der Waals surface area contributed by atoms with Gasteiger partial charge >= 0.3 is 5.97 Å². The predicted octanol–water partition coefficient (Wildman–Crippen LogP) is 5.06. The first-order valence-corrected chi connectivity index (χ1v) is 9.21. The molecular formula is C24H21FO5. The molecule has 154 valence electrons. The van der Waals surface area contributed by atoms with Gasteiger partial charge in [0.25, 0.3) is 0 Å². The molecule has 0 aliphatic carbocycles. The first-order chi connectivity index (χ1) is 14.6. The van der Waals surface area contributed by atoms with Crippen molar-refractivity contribution in [1.82, 2.24) is 0 Å². The fraction of sp³-hybridized carbons (Fsp3) is 0.125. The number of aliphatic carboxylic acids is 1. The second kappa shape index (κ2) is 10.1. The quantitative estimate of drug-likeness (QED) is 0.396. The van der Waals surface area contributed by atoms with Crippen molar-refractivity contribution in [3.8, 4) is 11.5 Å². The number of carbonyl (C=O) groups is 1. The van der Waals surface area contributed by atoms with Crippen LogP contribution in [0, 0.1) is 5.82 Å². The number of halogens is 1. The molecule has 0 saturated carbocycles. The minimum absolute atomic E-state index is 0.00262. The van der Waals surface area contributed by atoms with Crippen molar-refractivity contribution in [2.75, 3.05) is 7.11 Å². The van der Waals surface area contributed by atoms with E-state index in [1.165, 1.54) is 25.5 Å². The Morgan fingerprint density at radius 3 is 2.23 bits per heavy atom. The number of benzene rings is 3. The van der Waals surface area contributed by atoms with Crippen LogP contribution in [0.15, 0.2) is 79.1 Å². The fourth-order valence-electron chi connectivity index (χ4n) is 2.86. The third kappa shape index (κ3) is 5.61. The Kier molecular flexibility index (Phi) is 7.05. The van der Waals surface area contributed by atoms with Gasteiger partial charge in [0.1, 0.15) is 36.1 Å². The van der Waals surface area contributed by atoms with Crippen LogP contribution in [0.2, 0.25) is 0 Å². The minimum atomic E-state index is -1.12. The normalized spacial score (nSPS) is 11.1. The summed E-state index contributed by atoms with van der Waals surface area (Å²) in [5.41, 5.74) is 2.05. The van der Waals surface area contributed by atoms with E-state index in [0.717, 1.165) is 5.56 Å². The first kappa shape index (κ1) is 20.9. The molecule has 0 atom stereocenters. The maximum Gasteiger partial charge on any atom is 0.339 e. The van der Waals surface area contributed by atoms with E-state index < -0.39 is 11.8 Å². The van der Waals surface area contributed by atoms with Crippen LogP contribution in [-0.2, 0) is 22.7 Å². The molecular weight excluding hydrogens is 387 g/mol. The fourth-order valence-corrected chi connectivity index (χ4v) is 2.86. The van der Waals surface area contributed by atoms with Gasteiger partial charge in [-0.25, -0.2) is 9.18 Å². The Hall–Kier alpha value is -3.80. The molecule has 0 aliphatic rings. The first-order valence-electron chi connectivity index (χ1n) is 9.21. The van der Waals surface area contributed by atoms with Crippen LogP contribution < -0.4 is 9.47 Å². The minimum Gasteiger partial charge on any atom is -0.503 e. The van der Waals surface area contributed by atoms with Gasteiger partial charge in [-0.3, -0.25) is 0 Å². The van der Waals surface area contributed by atoms with E-state index in [-0.39, 0.29) is 17.9 Å². The summed E-state index contributed by atoms with van der Waals surface area (Å²) in [6.07, 6.45) is 1.17. The zero-order chi connectivity index (χ0) is 21.3. The summed E-state index contributed by atoms with van der Waals surface area (Å²) in [7, 11) is 1.38. The van der Waals surface area contributed by atoms with E-state index in [0.29, 0.717) is 23.5 Å². The largest absolute Gasteiger partial charge is 0.503 e. The molecule has 1 N–H and O–H groups in total. The van der Waals surface area contributed by atoms with Gasteiger partial charge in [0.05, 0.1) is 13.4 Å². The van der Waals surface area contributed by atoms with Crippen molar-refractivity contribution >= 4 is 11.5 Å². The van der Waals surface area contributed by atoms with Crippen LogP contribution in [0.25, 0.3) is 5.57 Å². The Bertz CT molecular complexity index is 1030. The third-order valence-corrected chi connectivity index (χ3v) is 4.26. The highest BCUT2D eigenvalue weighted by molar-refractivity contribution is 6.15. The molecule has 3 aromatic carbocycles. The molecule has 0 bridgehead atoms. The van der Waals surface area contributed by atoms with Crippen LogP contribution in [-0.4, -0.2) is 18.2 Å². The molecule has 0 heterocycles. The third-order valence-electron chi connectivity index (χ3n) is 4.26. The van der Waals surface area contributed by atoms with Crippen molar-refractivity contribution in [2.24, 2.45) is 0 Å². The van der Waals surface area contributed by atoms with Gasteiger partial charge in [0.15, 0.2) is 0 Å². The highest BCUT2D eigenvalue weighted by Crippen LogP contribution is 2.26. The molecule has 3 aromatic rings. The number of rotatable bonds is 9. The summed E-state index contributed by atoms with van der Waals surface area (Å²) >= 11 is 0. The lowest BCUT2D eigenvalue weighted by Gasteiger charge is -2.13. The molecule has 0 saturated heterocycles. The molecule has 0 amide bonds. The smallest absolute Gasteiger partial charge is 0.339 e. The molecule has 0 unspecified atom stereocenters. The van der Waals surface area contributed by atoms with Crippen LogP contribution >= 0.6 is 0 Å². The molecule has 30 heavy (non-hydrogen) atoms. The molecule has 5 nitrogen and oxygen atoms in total. The van der Waals surface area contributed by atoms with Crippen LogP contribution in [0.4, 0.5) is 4.39 Å². The zero-order valence-electron chi connectivity index (χ0n) is 16.4. The molecule has 0 spiro atoms. The van der Waals surface area contributed by atoms with E-state index in [1.54, 1.807) is 30.3 Å². The van der Waals surface area contributed by atoms with Gasteiger partial charge in [0.2, 0.25) is 0 Å². The van der Waals surface area contributed by atoms with Crippen LogP contribution in [0.3, 0.4) is 0 Å². The van der Waals surface area contributed by atoms with E-state index >= 15 is 0 Å². The summed E-state index contributed by atoms with van der Waals surface area (Å²) < 4.78 is 30.3. The van der Waals surface area contributed by atoms with E-state index in [4.69, 9.17) is 14.2 Å². The maximum atomic E-state index is 14.0. The summed E-state index contributed by atoms with van der Waals surface area (Å²) in [6, 6.07) is 20.6. The van der Waals surface area contributed by atoms with Gasteiger partial charge in [0, 0.05) is 18.2 Å². The Morgan fingerprint density at radius 2 is 1.57 bits per heavy atom. The van der Waals surface area contributed by atoms with Crippen molar-refractivity contribution in [1.29, 1.82) is 0 Å². The van der Waals surface area contributed by atoms with Gasteiger partial charge < -0.3 is 19.3 Å². The van der Waals surface area contributed by atoms with Crippen molar-refractivity contribution in [3.63, 3.8) is 0 Å². The predicted molar refractivity (Wildman–Crippen MR) is 111 cm³/mol. The zero-order valence-corrected chi connectivity index (χ0v) is 16.4. The van der Waals surface area contributed by atoms with Gasteiger partial charge in [-0.2, -0.15) is 0 Å². The number of carboxylic acid groups (broad SMARTS) is 1. The van der Waals surface area contributed by atoms with Gasteiger partial charge in [-0.15, -0.1) is 0 Å². The average Bonchev–Trinajstić information content (AvgIpc) is 2.75. The van der Waals surface area contributed by atoms with Crippen molar-refractivity contribution < 1.29 is 28.5 Å². The van der Waals surface area contributed by atoms with Crippen LogP contribution in [0.1, 0.15) is 16.7 Å². The molecule has 0 radical (unpaired) electrons. The number of ether oxygens (including phenoxy) is 3. The molecule has 0 aromatic heterocycles. The van der Waals surface area contributed by atoms with E-state index in [9.17, 15) is 14.3 Å². The summed E-state index contributed by atoms with van der Waals surface area (Å²) in [4.78, 5) is 11.5. The van der Waals surface area contributed by atoms with Crippen molar-refractivity contribution in [2.45, 2.75) is 13.2 Å². The second-order valence-corrected chi connectivity index (χ2v) is 6.42. The molecule has 0 aliphatic heterocycles. The lowest BCUT2D eigenvalue weighted by Crippen LogP contribution is -2.06. The lowest BCUT2D eigenvalue weighted by atomic mass is 10.0. The highest BCUT2D eigenvalue weighted by atomic mass is 19.1. The SMILES string of the molecule is CO/C=C(/C(=O)O)c1ccccc1COc1cc(F)cc(OCc2ccccc2)c1. The standard InChI is InChI=1S/C24H21FO5/c1-28-16-23(24(26)27)22-10-6-5-9-18(22)15-30-21-12-19(25)11-20(13-21)29-14-17-7-3-2-4-8-17/h2-13,16H,14-15H2,1H3,(H,26,27)/b23-16+. The number of hydrogen-bond donors (Lipinski definition) is 1. The average molecular weight is 408 g/mol. The second-order valence-electron chi connectivity index (χ2n) is 6.42. The number of carboxylic acids is 1. The van der Waals surface area contributed by atoms with E-state index in [2.05, 4.69) is 0 Å². The molecule has 6 heteroatoms. The Morgan fingerprint density at radius 1 is 0.933 bits per heavy atom. The molecule has 3 rings (SSSR count). The summed E-state index contributed by atoms with van der Waals surface area (Å²) in [6.45, 7) is 0.350. The van der Waals surface area contributed by atoms with Crippen LogP contribution in [0.5, 0.6) is 11.5 Å². The van der Waals surface area contributed by atoms with Crippen molar-refractivity contribution in [3.05, 3.63) is 102 Å². The molecule has 0 fully saturated rings. The lowest BCUT2D eigenvalue weighted by molar-refractivity contribution is -0.130. The van der Waals surface area contributed by atoms with Gasteiger partial charge in [-0.1, -0.05) is 54.6 Å². The monoisotopic (exact) mass is 408 g/mol. The topological polar surface area (TPSA) is 65.0 Å². The Labute approximate surface area is 174 Å². The number of hydrogen-bond acceptors (Lipinski definition) is 4.